The summed E-state index contributed by atoms with van der Waals surface area (Å²) in [5.74, 6) is -0.490. The Hall–Kier alpha value is -1.86. The molecule has 1 amide bonds. The minimum atomic E-state index is -0.746. The molecule has 2 aliphatic heterocycles. The number of carboxylic acid groups (broad SMARTS) is 1. The van der Waals surface area contributed by atoms with Crippen molar-refractivity contribution in [1.82, 2.24) is 4.90 Å². The first kappa shape index (κ1) is 17.9. The number of hydrogen-bond acceptors (Lipinski definition) is 5. The van der Waals surface area contributed by atoms with Crippen LogP contribution in [-0.4, -0.2) is 48.2 Å². The molecule has 2 fully saturated rings. The molecule has 25 heavy (non-hydrogen) atoms. The molecule has 0 bridgehead atoms. The zero-order chi connectivity index (χ0) is 18.4. The number of carbonyl (C=O) groups is 2. The van der Waals surface area contributed by atoms with Crippen LogP contribution in [0, 0.1) is 11.3 Å². The third kappa shape index (κ3) is 3.18. The largest absolute Gasteiger partial charge is 0.481 e. The van der Waals surface area contributed by atoms with Gasteiger partial charge in [0.25, 0.3) is 5.91 Å². The summed E-state index contributed by atoms with van der Waals surface area (Å²) in [6.07, 6.45) is 0.535. The zero-order valence-corrected chi connectivity index (χ0v) is 15.0. The second-order valence-electron chi connectivity index (χ2n) is 8.23. The quantitative estimate of drug-likeness (QED) is 0.854. The first-order valence-corrected chi connectivity index (χ1v) is 8.60. The summed E-state index contributed by atoms with van der Waals surface area (Å²) in [6, 6.07) is 1.69. The molecule has 0 aliphatic carbocycles. The lowest BCUT2D eigenvalue weighted by atomic mass is 9.74. The van der Waals surface area contributed by atoms with E-state index in [1.807, 2.05) is 20.8 Å². The van der Waals surface area contributed by atoms with Crippen LogP contribution in [0.5, 0.6) is 0 Å². The smallest absolute Gasteiger partial charge is 0.311 e. The highest BCUT2D eigenvalue weighted by molar-refractivity contribution is 5.90. The fourth-order valence-corrected chi connectivity index (χ4v) is 4.07. The first-order valence-electron chi connectivity index (χ1n) is 8.60. The van der Waals surface area contributed by atoms with Gasteiger partial charge in [0, 0.05) is 43.1 Å². The van der Waals surface area contributed by atoms with Crippen LogP contribution < -0.4 is 5.73 Å². The Bertz CT molecular complexity index is 690. The summed E-state index contributed by atoms with van der Waals surface area (Å²) in [5, 5.41) is 9.78. The number of primary amides is 1. The van der Waals surface area contributed by atoms with Crippen LogP contribution >= 0.6 is 0 Å². The molecule has 0 saturated carbocycles. The third-order valence-electron chi connectivity index (χ3n) is 5.33. The van der Waals surface area contributed by atoms with Gasteiger partial charge < -0.3 is 20.0 Å². The number of amides is 1. The molecule has 0 aromatic carbocycles. The van der Waals surface area contributed by atoms with Crippen LogP contribution in [0.2, 0.25) is 0 Å². The lowest BCUT2D eigenvalue weighted by Gasteiger charge is -2.34. The number of carboxylic acids is 1. The molecule has 7 heteroatoms. The number of carbonyl (C=O) groups excluding carboxylic acids is 1. The number of ether oxygens (including phenoxy) is 1. The number of nitrogens with zero attached hydrogens (tertiary/aromatic N) is 1. The molecule has 2 saturated heterocycles. The van der Waals surface area contributed by atoms with Gasteiger partial charge in [-0.1, -0.05) is 20.8 Å². The van der Waals surface area contributed by atoms with Gasteiger partial charge in [0.1, 0.15) is 5.76 Å². The van der Waals surface area contributed by atoms with Crippen LogP contribution in [-0.2, 0) is 21.5 Å². The highest BCUT2D eigenvalue weighted by atomic mass is 16.5. The van der Waals surface area contributed by atoms with E-state index < -0.39 is 17.3 Å². The Morgan fingerprint density at radius 2 is 2.16 bits per heavy atom. The van der Waals surface area contributed by atoms with Crippen LogP contribution in [0.15, 0.2) is 10.5 Å². The molecule has 2 atom stereocenters. The average Bonchev–Trinajstić information content (AvgIpc) is 3.08. The van der Waals surface area contributed by atoms with Gasteiger partial charge in [-0.15, -0.1) is 0 Å². The maximum Gasteiger partial charge on any atom is 0.311 e. The predicted octanol–water partition coefficient (Wildman–Crippen LogP) is 1.60. The summed E-state index contributed by atoms with van der Waals surface area (Å²) in [5.41, 5.74) is 5.24. The summed E-state index contributed by atoms with van der Waals surface area (Å²) >= 11 is 0. The van der Waals surface area contributed by atoms with E-state index in [0.29, 0.717) is 39.3 Å². The van der Waals surface area contributed by atoms with E-state index in [0.717, 1.165) is 11.3 Å². The van der Waals surface area contributed by atoms with Gasteiger partial charge in [-0.3, -0.25) is 14.5 Å². The van der Waals surface area contributed by atoms with Crippen molar-refractivity contribution in [3.63, 3.8) is 0 Å². The number of furan rings is 1. The van der Waals surface area contributed by atoms with E-state index in [4.69, 9.17) is 14.9 Å². The maximum absolute atomic E-state index is 11.9. The molecule has 0 spiro atoms. The second-order valence-corrected chi connectivity index (χ2v) is 8.23. The Labute approximate surface area is 147 Å². The Morgan fingerprint density at radius 1 is 1.44 bits per heavy atom. The van der Waals surface area contributed by atoms with Gasteiger partial charge in [-0.2, -0.15) is 0 Å². The summed E-state index contributed by atoms with van der Waals surface area (Å²) in [7, 11) is 0. The predicted molar refractivity (Wildman–Crippen MR) is 90.2 cm³/mol. The van der Waals surface area contributed by atoms with Crippen LogP contribution in [0.25, 0.3) is 0 Å². The fraction of sp³-hybridized carbons (Fsp3) is 0.667. The molecular weight excluding hydrogens is 324 g/mol. The van der Waals surface area contributed by atoms with Crippen molar-refractivity contribution in [2.75, 3.05) is 26.3 Å². The van der Waals surface area contributed by atoms with Crippen molar-refractivity contribution in [3.05, 3.63) is 23.2 Å². The summed E-state index contributed by atoms with van der Waals surface area (Å²) < 4.78 is 11.2. The standard InChI is InChI=1S/C18H26N2O5/c1-17(2,3)14-11(6-13(25-14)15(19)21)7-20-8-12-9-24-5-4-18(12,10-20)16(22)23/h6,12H,4-5,7-10H2,1-3H3,(H2,19,21)(H,22,23)/t12-,18+/m1/s1. The third-order valence-corrected chi connectivity index (χ3v) is 5.33. The molecule has 0 unspecified atom stereocenters. The van der Waals surface area contributed by atoms with Gasteiger partial charge in [-0.25, -0.2) is 0 Å². The monoisotopic (exact) mass is 350 g/mol. The van der Waals surface area contributed by atoms with Crippen LogP contribution in [0.4, 0.5) is 0 Å². The van der Waals surface area contributed by atoms with E-state index >= 15 is 0 Å². The number of likely N-dealkylation sites (tertiary alicyclic amines) is 1. The van der Waals surface area contributed by atoms with Gasteiger partial charge in [0.2, 0.25) is 0 Å². The molecule has 1 aromatic rings. The summed E-state index contributed by atoms with van der Waals surface area (Å²) in [4.78, 5) is 25.5. The molecular formula is C18H26N2O5. The maximum atomic E-state index is 11.9. The van der Waals surface area contributed by atoms with E-state index in [9.17, 15) is 14.7 Å². The minimum absolute atomic E-state index is 0.0145. The molecule has 1 aromatic heterocycles. The molecule has 3 rings (SSSR count). The Kier molecular flexibility index (Phi) is 4.41. The van der Waals surface area contributed by atoms with Crippen molar-refractivity contribution in [2.24, 2.45) is 17.1 Å². The Balaban J connectivity index is 1.86. The molecule has 0 radical (unpaired) electrons. The highest BCUT2D eigenvalue weighted by Crippen LogP contribution is 2.43. The topological polar surface area (TPSA) is 106 Å². The van der Waals surface area contributed by atoms with Gasteiger partial charge >= 0.3 is 5.97 Å². The number of rotatable bonds is 4. The van der Waals surface area contributed by atoms with Crippen LogP contribution in [0.3, 0.4) is 0 Å². The average molecular weight is 350 g/mol. The number of nitrogens with two attached hydrogens (primary N) is 1. The van der Waals surface area contributed by atoms with Crippen molar-refractivity contribution < 1.29 is 23.8 Å². The van der Waals surface area contributed by atoms with E-state index in [1.165, 1.54) is 0 Å². The molecule has 138 valence electrons. The number of hydrogen-bond donors (Lipinski definition) is 2. The lowest BCUT2D eigenvalue weighted by Crippen LogP contribution is -2.44. The van der Waals surface area contributed by atoms with Gasteiger partial charge in [-0.05, 0) is 12.5 Å². The lowest BCUT2D eigenvalue weighted by molar-refractivity contribution is -0.157. The van der Waals surface area contributed by atoms with Crippen molar-refractivity contribution in [3.8, 4) is 0 Å². The van der Waals surface area contributed by atoms with Crippen molar-refractivity contribution in [2.45, 2.75) is 39.2 Å². The SMILES string of the molecule is CC(C)(C)c1oc(C(N)=O)cc1CN1C[C@@H]2COCC[C@]2(C(=O)O)C1. The Morgan fingerprint density at radius 3 is 2.72 bits per heavy atom. The molecule has 3 N–H and O–H groups in total. The molecule has 3 heterocycles. The highest BCUT2D eigenvalue weighted by Gasteiger charge is 2.53. The minimum Gasteiger partial charge on any atom is -0.481 e. The normalized spacial score (nSPS) is 27.2. The zero-order valence-electron chi connectivity index (χ0n) is 15.0. The van der Waals surface area contributed by atoms with Gasteiger partial charge in [0.15, 0.2) is 5.76 Å². The van der Waals surface area contributed by atoms with Crippen molar-refractivity contribution in [1.29, 1.82) is 0 Å². The number of aliphatic carboxylic acids is 1. The summed E-state index contributed by atoms with van der Waals surface area (Å²) in [6.45, 7) is 8.68. The fourth-order valence-electron chi connectivity index (χ4n) is 4.07. The van der Waals surface area contributed by atoms with Crippen molar-refractivity contribution >= 4 is 11.9 Å². The van der Waals surface area contributed by atoms with Crippen LogP contribution in [0.1, 0.15) is 49.1 Å². The van der Waals surface area contributed by atoms with E-state index in [1.54, 1.807) is 6.07 Å². The molecule has 2 aliphatic rings. The van der Waals surface area contributed by atoms with Gasteiger partial charge in [0.05, 0.1) is 12.0 Å². The van der Waals surface area contributed by atoms with E-state index in [-0.39, 0.29) is 17.1 Å². The first-order chi connectivity index (χ1) is 11.6. The molecule has 7 nitrogen and oxygen atoms in total. The van der Waals surface area contributed by atoms with E-state index in [2.05, 4.69) is 4.90 Å². The number of fused-ring (bicyclic) bond motifs is 1. The second kappa shape index (κ2) is 6.14.